The second-order valence-electron chi connectivity index (χ2n) is 5.98. The van der Waals surface area contributed by atoms with Gasteiger partial charge in [0.25, 0.3) is 5.91 Å². The molecule has 0 fully saturated rings. The first-order valence-electron chi connectivity index (χ1n) is 8.33. The molecule has 25 heavy (non-hydrogen) atoms. The van der Waals surface area contributed by atoms with Crippen LogP contribution in [0.3, 0.4) is 0 Å². The molecule has 0 bridgehead atoms. The summed E-state index contributed by atoms with van der Waals surface area (Å²) in [4.78, 5) is 23.9. The second kappa shape index (κ2) is 8.87. The zero-order chi connectivity index (χ0) is 18.2. The van der Waals surface area contributed by atoms with Crippen LogP contribution in [-0.2, 0) is 16.0 Å². The van der Waals surface area contributed by atoms with Gasteiger partial charge in [0, 0.05) is 6.42 Å². The van der Waals surface area contributed by atoms with Crippen molar-refractivity contribution in [1.29, 1.82) is 0 Å². The van der Waals surface area contributed by atoms with Crippen molar-refractivity contribution in [3.8, 4) is 5.75 Å². The number of hydrogen-bond donors (Lipinski definition) is 2. The maximum Gasteiger partial charge on any atom is 0.279 e. The van der Waals surface area contributed by atoms with Gasteiger partial charge >= 0.3 is 0 Å². The van der Waals surface area contributed by atoms with Gasteiger partial charge in [-0.05, 0) is 49.9 Å². The molecule has 2 rings (SSSR count). The molecule has 2 aromatic rings. The van der Waals surface area contributed by atoms with E-state index in [1.165, 1.54) is 0 Å². The average molecular weight is 340 g/mol. The van der Waals surface area contributed by atoms with Crippen LogP contribution in [0.2, 0.25) is 0 Å². The highest BCUT2D eigenvalue weighted by atomic mass is 16.5. The molecule has 0 unspecified atom stereocenters. The highest BCUT2D eigenvalue weighted by Crippen LogP contribution is 2.21. The summed E-state index contributed by atoms with van der Waals surface area (Å²) in [7, 11) is 0. The summed E-state index contributed by atoms with van der Waals surface area (Å²) in [6, 6.07) is 15.4. The minimum atomic E-state index is -0.713. The zero-order valence-electron chi connectivity index (χ0n) is 14.8. The van der Waals surface area contributed by atoms with Gasteiger partial charge in [0.05, 0.1) is 0 Å². The third-order valence-corrected chi connectivity index (χ3v) is 4.04. The molecule has 5 nitrogen and oxygen atoms in total. The van der Waals surface area contributed by atoms with Crippen LogP contribution in [0.5, 0.6) is 5.75 Å². The Hall–Kier alpha value is -2.82. The summed E-state index contributed by atoms with van der Waals surface area (Å²) in [6.07, 6.45) is 0.211. The Morgan fingerprint density at radius 2 is 1.72 bits per heavy atom. The third kappa shape index (κ3) is 5.64. The van der Waals surface area contributed by atoms with Crippen LogP contribution in [0.25, 0.3) is 0 Å². The number of carbonyl (C=O) groups excluding carboxylic acids is 2. The fraction of sp³-hybridized carbons (Fsp3) is 0.300. The van der Waals surface area contributed by atoms with Crippen molar-refractivity contribution < 1.29 is 14.3 Å². The summed E-state index contributed by atoms with van der Waals surface area (Å²) in [5.41, 5.74) is 8.01. The first-order valence-corrected chi connectivity index (χ1v) is 8.33. The van der Waals surface area contributed by atoms with Crippen LogP contribution >= 0.6 is 0 Å². The number of hydrazine groups is 1. The van der Waals surface area contributed by atoms with Crippen molar-refractivity contribution in [3.05, 3.63) is 65.2 Å². The lowest BCUT2D eigenvalue weighted by Crippen LogP contribution is -2.47. The number of amides is 2. The van der Waals surface area contributed by atoms with E-state index >= 15 is 0 Å². The summed E-state index contributed by atoms with van der Waals surface area (Å²) >= 11 is 0. The molecule has 2 N–H and O–H groups in total. The fourth-order valence-electron chi connectivity index (χ4n) is 2.29. The fourth-order valence-corrected chi connectivity index (χ4v) is 2.29. The van der Waals surface area contributed by atoms with Crippen LogP contribution in [-0.4, -0.2) is 17.9 Å². The van der Waals surface area contributed by atoms with Crippen LogP contribution in [0.15, 0.2) is 48.5 Å². The average Bonchev–Trinajstić information content (AvgIpc) is 2.62. The van der Waals surface area contributed by atoms with Gasteiger partial charge in [-0.2, -0.15) is 0 Å². The quantitative estimate of drug-likeness (QED) is 0.795. The number of aryl methyl sites for hydroxylation is 2. The Morgan fingerprint density at radius 1 is 1.00 bits per heavy atom. The van der Waals surface area contributed by atoms with E-state index in [0.717, 1.165) is 16.7 Å². The van der Waals surface area contributed by atoms with Crippen LogP contribution in [0.4, 0.5) is 0 Å². The third-order valence-electron chi connectivity index (χ3n) is 4.04. The Kier molecular flexibility index (Phi) is 6.57. The van der Waals surface area contributed by atoms with Gasteiger partial charge in [-0.15, -0.1) is 0 Å². The number of carbonyl (C=O) groups is 2. The normalized spacial score (nSPS) is 11.5. The van der Waals surface area contributed by atoms with Crippen molar-refractivity contribution in [3.63, 3.8) is 0 Å². The second-order valence-corrected chi connectivity index (χ2v) is 5.98. The molecule has 2 amide bonds. The van der Waals surface area contributed by atoms with Crippen molar-refractivity contribution >= 4 is 11.8 Å². The molecule has 0 aromatic heterocycles. The molecular formula is C20H24N2O3. The molecule has 0 aliphatic carbocycles. The van der Waals surface area contributed by atoms with Gasteiger partial charge in [-0.3, -0.25) is 20.4 Å². The molecule has 0 spiro atoms. The predicted octanol–water partition coefficient (Wildman–Crippen LogP) is 2.85. The maximum atomic E-state index is 12.1. The van der Waals surface area contributed by atoms with Crippen LogP contribution < -0.4 is 15.6 Å². The molecule has 132 valence electrons. The topological polar surface area (TPSA) is 67.4 Å². The molecular weight excluding hydrogens is 316 g/mol. The Bertz CT molecular complexity index is 729. The van der Waals surface area contributed by atoms with Gasteiger partial charge in [0.1, 0.15) is 5.75 Å². The minimum absolute atomic E-state index is 0.240. The zero-order valence-corrected chi connectivity index (χ0v) is 14.8. The molecule has 5 heteroatoms. The molecule has 0 saturated heterocycles. The molecule has 0 saturated carbocycles. The van der Waals surface area contributed by atoms with Crippen molar-refractivity contribution in [2.24, 2.45) is 0 Å². The highest BCUT2D eigenvalue weighted by molar-refractivity contribution is 5.84. The molecule has 0 heterocycles. The van der Waals surface area contributed by atoms with Gasteiger partial charge in [0.15, 0.2) is 6.10 Å². The van der Waals surface area contributed by atoms with E-state index in [2.05, 4.69) is 10.9 Å². The van der Waals surface area contributed by atoms with Crippen LogP contribution in [0.1, 0.15) is 30.0 Å². The predicted molar refractivity (Wildman–Crippen MR) is 97.1 cm³/mol. The highest BCUT2D eigenvalue weighted by Gasteiger charge is 2.16. The van der Waals surface area contributed by atoms with E-state index < -0.39 is 12.0 Å². The van der Waals surface area contributed by atoms with Gasteiger partial charge < -0.3 is 4.74 Å². The first-order chi connectivity index (χ1) is 12.0. The van der Waals surface area contributed by atoms with E-state index in [-0.39, 0.29) is 5.91 Å². The van der Waals surface area contributed by atoms with Gasteiger partial charge in [0.2, 0.25) is 5.91 Å². The maximum absolute atomic E-state index is 12.1. The Balaban J connectivity index is 1.77. The summed E-state index contributed by atoms with van der Waals surface area (Å²) in [5, 5.41) is 0. The van der Waals surface area contributed by atoms with E-state index in [4.69, 9.17) is 4.74 Å². The standard InChI is InChI=1S/C20H24N2O3/c1-14-8-7-11-18(15(14)2)25-16(3)20(24)22-21-19(23)13-12-17-9-5-4-6-10-17/h4-11,16H,12-13H2,1-3H3,(H,21,23)(H,22,24)/t16-/m1/s1. The van der Waals surface area contributed by atoms with E-state index in [0.29, 0.717) is 18.6 Å². The van der Waals surface area contributed by atoms with Crippen LogP contribution in [0, 0.1) is 13.8 Å². The lowest BCUT2D eigenvalue weighted by Gasteiger charge is -2.17. The molecule has 0 radical (unpaired) electrons. The van der Waals surface area contributed by atoms with Crippen molar-refractivity contribution in [1.82, 2.24) is 10.9 Å². The van der Waals surface area contributed by atoms with E-state index in [1.807, 2.05) is 62.4 Å². The van der Waals surface area contributed by atoms with Gasteiger partial charge in [-0.1, -0.05) is 42.5 Å². The largest absolute Gasteiger partial charge is 0.481 e. The van der Waals surface area contributed by atoms with Gasteiger partial charge in [-0.25, -0.2) is 0 Å². The Morgan fingerprint density at radius 3 is 2.44 bits per heavy atom. The van der Waals surface area contributed by atoms with E-state index in [1.54, 1.807) is 6.92 Å². The minimum Gasteiger partial charge on any atom is -0.481 e. The van der Waals surface area contributed by atoms with Crippen molar-refractivity contribution in [2.75, 3.05) is 0 Å². The summed E-state index contributed by atoms with van der Waals surface area (Å²) in [6.45, 7) is 5.58. The Labute approximate surface area is 148 Å². The summed E-state index contributed by atoms with van der Waals surface area (Å²) < 4.78 is 5.69. The monoisotopic (exact) mass is 340 g/mol. The first kappa shape index (κ1) is 18.5. The molecule has 1 atom stereocenters. The molecule has 0 aliphatic heterocycles. The number of hydrogen-bond acceptors (Lipinski definition) is 3. The van der Waals surface area contributed by atoms with E-state index in [9.17, 15) is 9.59 Å². The summed E-state index contributed by atoms with van der Waals surface area (Å²) in [5.74, 6) is 0.0307. The SMILES string of the molecule is Cc1cccc(O[C@H](C)C(=O)NNC(=O)CCc2ccccc2)c1C. The molecule has 0 aliphatic rings. The number of ether oxygens (including phenoxy) is 1. The smallest absolute Gasteiger partial charge is 0.279 e. The molecule has 2 aromatic carbocycles. The number of rotatable bonds is 6. The lowest BCUT2D eigenvalue weighted by molar-refractivity contribution is -0.132. The number of benzene rings is 2. The lowest BCUT2D eigenvalue weighted by atomic mass is 10.1. The van der Waals surface area contributed by atoms with Crippen molar-refractivity contribution in [2.45, 2.75) is 39.7 Å². The number of nitrogens with one attached hydrogen (secondary N) is 2.